The molecular formula is C12H20N2O2S2. The van der Waals surface area contributed by atoms with Gasteiger partial charge in [0.1, 0.15) is 4.21 Å². The van der Waals surface area contributed by atoms with Crippen molar-refractivity contribution in [1.82, 2.24) is 10.0 Å². The lowest BCUT2D eigenvalue weighted by molar-refractivity contribution is 0.349. The van der Waals surface area contributed by atoms with E-state index in [1.165, 1.54) is 11.3 Å². The third-order valence-electron chi connectivity index (χ3n) is 3.31. The van der Waals surface area contributed by atoms with Crippen LogP contribution in [-0.2, 0) is 10.0 Å². The van der Waals surface area contributed by atoms with Crippen LogP contribution in [0, 0.1) is 13.8 Å². The predicted octanol–water partition coefficient (Wildman–Crippen LogP) is 1.78. The number of thiophene rings is 1. The van der Waals surface area contributed by atoms with Crippen molar-refractivity contribution in [2.75, 3.05) is 6.54 Å². The van der Waals surface area contributed by atoms with E-state index in [1.54, 1.807) is 0 Å². The van der Waals surface area contributed by atoms with Gasteiger partial charge in [0.15, 0.2) is 0 Å². The molecule has 0 amide bonds. The van der Waals surface area contributed by atoms with Gasteiger partial charge in [-0.2, -0.15) is 0 Å². The summed E-state index contributed by atoms with van der Waals surface area (Å²) in [5.74, 6) is 0. The zero-order valence-electron chi connectivity index (χ0n) is 11.0. The molecular weight excluding hydrogens is 268 g/mol. The molecule has 2 N–H and O–H groups in total. The summed E-state index contributed by atoms with van der Waals surface area (Å²) >= 11 is 1.34. The van der Waals surface area contributed by atoms with Gasteiger partial charge in [-0.05, 0) is 51.8 Å². The summed E-state index contributed by atoms with van der Waals surface area (Å²) in [5.41, 5.74) is 0.835. The minimum absolute atomic E-state index is 0.00874. The number of rotatable bonds is 3. The van der Waals surface area contributed by atoms with Crippen LogP contribution in [0.3, 0.4) is 0 Å². The minimum atomic E-state index is -3.37. The maximum absolute atomic E-state index is 12.4. The van der Waals surface area contributed by atoms with Gasteiger partial charge in [-0.25, -0.2) is 13.1 Å². The minimum Gasteiger partial charge on any atom is -0.313 e. The van der Waals surface area contributed by atoms with Gasteiger partial charge < -0.3 is 5.32 Å². The standard InChI is InChI=1S/C12H20N2O2S2/c1-8-7-9(2)17-12(8)18(15,16)14-11-5-4-6-13-10(11)3/h7,10-11,13-14H,4-6H2,1-3H3. The van der Waals surface area contributed by atoms with Crippen molar-refractivity contribution in [3.05, 3.63) is 16.5 Å². The molecule has 2 heterocycles. The van der Waals surface area contributed by atoms with E-state index in [4.69, 9.17) is 0 Å². The largest absolute Gasteiger partial charge is 0.313 e. The summed E-state index contributed by atoms with van der Waals surface area (Å²) in [7, 11) is -3.37. The molecule has 1 saturated heterocycles. The van der Waals surface area contributed by atoms with E-state index in [9.17, 15) is 8.42 Å². The summed E-state index contributed by atoms with van der Waals surface area (Å²) in [6, 6.07) is 2.10. The van der Waals surface area contributed by atoms with E-state index < -0.39 is 10.0 Å². The molecule has 0 spiro atoms. The van der Waals surface area contributed by atoms with Crippen LogP contribution in [0.15, 0.2) is 10.3 Å². The Morgan fingerprint density at radius 2 is 2.17 bits per heavy atom. The Hall–Kier alpha value is -0.430. The van der Waals surface area contributed by atoms with Crippen LogP contribution in [0.2, 0.25) is 0 Å². The van der Waals surface area contributed by atoms with Crippen LogP contribution < -0.4 is 10.0 Å². The second kappa shape index (κ2) is 5.28. The smallest absolute Gasteiger partial charge is 0.250 e. The quantitative estimate of drug-likeness (QED) is 0.891. The summed E-state index contributed by atoms with van der Waals surface area (Å²) in [6.07, 6.45) is 1.91. The van der Waals surface area contributed by atoms with Gasteiger partial charge in [-0.1, -0.05) is 0 Å². The van der Waals surface area contributed by atoms with Gasteiger partial charge in [0.25, 0.3) is 10.0 Å². The fourth-order valence-corrected chi connectivity index (χ4v) is 5.38. The van der Waals surface area contributed by atoms with E-state index in [1.807, 2.05) is 26.8 Å². The maximum atomic E-state index is 12.4. The highest BCUT2D eigenvalue weighted by Crippen LogP contribution is 2.26. The topological polar surface area (TPSA) is 58.2 Å². The van der Waals surface area contributed by atoms with Crippen LogP contribution in [0.4, 0.5) is 0 Å². The summed E-state index contributed by atoms with van der Waals surface area (Å²) in [4.78, 5) is 1.03. The molecule has 0 aliphatic carbocycles. The highest BCUT2D eigenvalue weighted by Gasteiger charge is 2.28. The van der Waals surface area contributed by atoms with Crippen molar-refractivity contribution in [2.24, 2.45) is 0 Å². The lowest BCUT2D eigenvalue weighted by atomic mass is 10.0. The molecule has 102 valence electrons. The number of hydrogen-bond donors (Lipinski definition) is 2. The molecule has 1 aromatic rings. The highest BCUT2D eigenvalue weighted by molar-refractivity contribution is 7.91. The second-order valence-corrected chi connectivity index (χ2v) is 8.11. The summed E-state index contributed by atoms with van der Waals surface area (Å²) < 4.78 is 28.0. The fourth-order valence-electron chi connectivity index (χ4n) is 2.34. The Bertz CT molecular complexity index is 522. The van der Waals surface area contributed by atoms with E-state index in [2.05, 4.69) is 10.0 Å². The van der Waals surface area contributed by atoms with Crippen LogP contribution >= 0.6 is 11.3 Å². The molecule has 1 aliphatic rings. The first-order chi connectivity index (χ1) is 8.40. The molecule has 0 bridgehead atoms. The molecule has 1 aromatic heterocycles. The molecule has 0 radical (unpaired) electrons. The molecule has 0 aromatic carbocycles. The Balaban J connectivity index is 2.19. The molecule has 0 saturated carbocycles. The highest BCUT2D eigenvalue weighted by atomic mass is 32.2. The Morgan fingerprint density at radius 1 is 1.44 bits per heavy atom. The maximum Gasteiger partial charge on any atom is 0.250 e. The van der Waals surface area contributed by atoms with Crippen LogP contribution in [-0.4, -0.2) is 27.0 Å². The van der Waals surface area contributed by atoms with E-state index >= 15 is 0 Å². The average Bonchev–Trinajstić information content (AvgIpc) is 2.62. The SMILES string of the molecule is Cc1cc(C)c(S(=O)(=O)NC2CCCNC2C)s1. The van der Waals surface area contributed by atoms with Crippen molar-refractivity contribution in [1.29, 1.82) is 0 Å². The van der Waals surface area contributed by atoms with Crippen molar-refractivity contribution in [3.8, 4) is 0 Å². The fraction of sp³-hybridized carbons (Fsp3) is 0.667. The number of nitrogens with one attached hydrogen (secondary N) is 2. The van der Waals surface area contributed by atoms with Gasteiger partial charge in [0.2, 0.25) is 0 Å². The number of sulfonamides is 1. The first-order valence-electron chi connectivity index (χ1n) is 6.23. The second-order valence-electron chi connectivity index (χ2n) is 4.94. The van der Waals surface area contributed by atoms with E-state index in [0.717, 1.165) is 29.8 Å². The van der Waals surface area contributed by atoms with Gasteiger partial charge >= 0.3 is 0 Å². The molecule has 6 heteroatoms. The monoisotopic (exact) mass is 288 g/mol. The summed E-state index contributed by atoms with van der Waals surface area (Å²) in [6.45, 7) is 6.78. The number of piperidine rings is 1. The molecule has 4 nitrogen and oxygen atoms in total. The van der Waals surface area contributed by atoms with Crippen molar-refractivity contribution in [3.63, 3.8) is 0 Å². The van der Waals surface area contributed by atoms with Gasteiger partial charge in [-0.15, -0.1) is 11.3 Å². The molecule has 2 unspecified atom stereocenters. The third kappa shape index (κ3) is 2.93. The number of hydrogen-bond acceptors (Lipinski definition) is 4. The van der Waals surface area contributed by atoms with E-state index in [0.29, 0.717) is 4.21 Å². The first kappa shape index (κ1) is 14.0. The molecule has 2 rings (SSSR count). The Kier molecular flexibility index (Phi) is 4.11. The molecule has 2 atom stereocenters. The third-order valence-corrected chi connectivity index (χ3v) is 6.59. The van der Waals surface area contributed by atoms with Crippen LogP contribution in [0.25, 0.3) is 0 Å². The first-order valence-corrected chi connectivity index (χ1v) is 8.53. The molecule has 1 aliphatic heterocycles. The zero-order chi connectivity index (χ0) is 13.3. The lowest BCUT2D eigenvalue weighted by Gasteiger charge is -2.30. The van der Waals surface area contributed by atoms with Gasteiger partial charge in [0, 0.05) is 17.0 Å². The van der Waals surface area contributed by atoms with Crippen LogP contribution in [0.1, 0.15) is 30.2 Å². The normalized spacial score (nSPS) is 25.3. The van der Waals surface area contributed by atoms with Crippen molar-refractivity contribution in [2.45, 2.75) is 49.9 Å². The van der Waals surface area contributed by atoms with Gasteiger partial charge in [-0.3, -0.25) is 0 Å². The average molecular weight is 288 g/mol. The van der Waals surface area contributed by atoms with Crippen LogP contribution in [0.5, 0.6) is 0 Å². The molecule has 1 fully saturated rings. The zero-order valence-corrected chi connectivity index (χ0v) is 12.6. The lowest BCUT2D eigenvalue weighted by Crippen LogP contribution is -2.51. The van der Waals surface area contributed by atoms with E-state index in [-0.39, 0.29) is 12.1 Å². The Labute approximate surface area is 113 Å². The van der Waals surface area contributed by atoms with Crippen molar-refractivity contribution >= 4 is 21.4 Å². The van der Waals surface area contributed by atoms with Crippen molar-refractivity contribution < 1.29 is 8.42 Å². The molecule has 18 heavy (non-hydrogen) atoms. The Morgan fingerprint density at radius 3 is 2.72 bits per heavy atom. The summed E-state index contributed by atoms with van der Waals surface area (Å²) in [5, 5.41) is 3.30. The number of aryl methyl sites for hydroxylation is 2. The van der Waals surface area contributed by atoms with Gasteiger partial charge in [0.05, 0.1) is 0 Å². The predicted molar refractivity (Wildman–Crippen MR) is 74.6 cm³/mol.